The molecule has 6 heteroatoms. The normalized spacial score (nSPS) is 10.7. The zero-order chi connectivity index (χ0) is 18.3. The molecule has 27 heavy (non-hydrogen) atoms. The molecule has 1 aromatic heterocycles. The Kier molecular flexibility index (Phi) is 7.17. The Morgan fingerprint density at radius 1 is 0.370 bits per heavy atom. The number of benzene rings is 3. The molecule has 0 aliphatic rings. The van der Waals surface area contributed by atoms with E-state index in [1.54, 1.807) is 0 Å². The van der Waals surface area contributed by atoms with Gasteiger partial charge >= 0.3 is 191 Å². The molecular weight excluding hydrogens is 677 g/mol. The average molecular weight is 692 g/mol. The average Bonchev–Trinajstić information content (AvgIpc) is 2.70. The maximum atomic E-state index is 4.88. The quantitative estimate of drug-likeness (QED) is 0.240. The van der Waals surface area contributed by atoms with E-state index in [9.17, 15) is 0 Å². The minimum atomic E-state index is -0.584. The molecule has 0 spiro atoms. The minimum absolute atomic E-state index is 0.584. The number of nitrogens with zero attached hydrogens (tertiary/aromatic N) is 3. The second kappa shape index (κ2) is 10.00. The van der Waals surface area contributed by atoms with Crippen LogP contribution >= 0.6 is 0 Å². The van der Waals surface area contributed by atoms with Crippen molar-refractivity contribution in [3.05, 3.63) is 91.0 Å². The summed E-state index contributed by atoms with van der Waals surface area (Å²) in [5.41, 5.74) is 0. The maximum absolute atomic E-state index is 4.88. The molecule has 4 rings (SSSR count). The van der Waals surface area contributed by atoms with Crippen LogP contribution in [-0.4, -0.2) is 77.7 Å². The Labute approximate surface area is 189 Å². The summed E-state index contributed by atoms with van der Waals surface area (Å²) in [6.45, 7) is 0. The van der Waals surface area contributed by atoms with Crippen LogP contribution in [0.3, 0.4) is 0 Å². The van der Waals surface area contributed by atoms with Gasteiger partial charge in [0.1, 0.15) is 0 Å². The summed E-state index contributed by atoms with van der Waals surface area (Å²) in [6.07, 6.45) is 0. The Hall–Kier alpha value is -0.961. The van der Waals surface area contributed by atoms with E-state index in [1.165, 1.54) is 10.8 Å². The van der Waals surface area contributed by atoms with E-state index in [1.807, 2.05) is 0 Å². The van der Waals surface area contributed by atoms with E-state index in [-0.39, 0.29) is 0 Å². The Morgan fingerprint density at radius 2 is 0.630 bits per heavy atom. The van der Waals surface area contributed by atoms with Crippen molar-refractivity contribution in [2.45, 2.75) is 0 Å². The zero-order valence-electron chi connectivity index (χ0n) is 14.2. The molecule has 0 saturated carbocycles. The monoisotopic (exact) mass is 699 g/mol. The zero-order valence-corrected chi connectivity index (χ0v) is 21.2. The van der Waals surface area contributed by atoms with E-state index in [4.69, 9.17) is 15.0 Å². The van der Waals surface area contributed by atoms with Gasteiger partial charge in [-0.3, -0.25) is 0 Å². The second-order valence-electron chi connectivity index (χ2n) is 5.43. The summed E-state index contributed by atoms with van der Waals surface area (Å²) < 4.78 is 7.17. The molecule has 0 saturated heterocycles. The van der Waals surface area contributed by atoms with Crippen molar-refractivity contribution in [2.24, 2.45) is 0 Å². The van der Waals surface area contributed by atoms with Crippen LogP contribution in [0.4, 0.5) is 0 Å². The SMILES string of the molecule is c1ccc([Te]c2nc([Te]c3ccccc3)nc([Te]c3ccccc3)n2)cc1. The van der Waals surface area contributed by atoms with Gasteiger partial charge in [-0.05, 0) is 0 Å². The fourth-order valence-corrected chi connectivity index (χ4v) is 10.5. The van der Waals surface area contributed by atoms with Gasteiger partial charge in [0.25, 0.3) is 0 Å². The van der Waals surface area contributed by atoms with Gasteiger partial charge in [-0.1, -0.05) is 0 Å². The van der Waals surface area contributed by atoms with E-state index in [2.05, 4.69) is 91.0 Å². The fraction of sp³-hybridized carbons (Fsp3) is 0. The van der Waals surface area contributed by atoms with E-state index in [0.29, 0.717) is 0 Å². The van der Waals surface area contributed by atoms with Gasteiger partial charge < -0.3 is 0 Å². The molecule has 3 aromatic carbocycles. The summed E-state index contributed by atoms with van der Waals surface area (Å²) in [5, 5.41) is 0. The molecule has 4 aromatic rings. The first-order valence-electron chi connectivity index (χ1n) is 8.30. The molecule has 0 radical (unpaired) electrons. The van der Waals surface area contributed by atoms with Crippen LogP contribution in [0.5, 0.6) is 0 Å². The Bertz CT molecular complexity index is 852. The number of hydrogen-bond donors (Lipinski definition) is 0. The van der Waals surface area contributed by atoms with Gasteiger partial charge in [0.15, 0.2) is 0 Å². The number of aromatic nitrogens is 3. The summed E-state index contributed by atoms with van der Waals surface area (Å²) in [5.74, 6) is 0. The molecule has 3 nitrogen and oxygen atoms in total. The van der Waals surface area contributed by atoms with Crippen LogP contribution in [0.25, 0.3) is 0 Å². The molecule has 0 atom stereocenters. The van der Waals surface area contributed by atoms with Crippen molar-refractivity contribution in [3.63, 3.8) is 0 Å². The third-order valence-corrected chi connectivity index (χ3v) is 10.9. The van der Waals surface area contributed by atoms with Crippen LogP contribution in [0.15, 0.2) is 91.0 Å². The van der Waals surface area contributed by atoms with Gasteiger partial charge in [0, 0.05) is 0 Å². The van der Waals surface area contributed by atoms with Crippen molar-refractivity contribution >= 4 is 85.2 Å². The van der Waals surface area contributed by atoms with Crippen molar-refractivity contribution in [3.8, 4) is 0 Å². The first kappa shape index (κ1) is 19.4. The molecule has 132 valence electrons. The molecular formula is C21H15N3Te3. The summed E-state index contributed by atoms with van der Waals surface area (Å²) in [7, 11) is 0. The van der Waals surface area contributed by atoms with E-state index >= 15 is 0 Å². The summed E-state index contributed by atoms with van der Waals surface area (Å²) in [6, 6.07) is 31.9. The van der Waals surface area contributed by atoms with Crippen molar-refractivity contribution in [1.29, 1.82) is 0 Å². The number of hydrogen-bond acceptors (Lipinski definition) is 3. The van der Waals surface area contributed by atoms with E-state index in [0.717, 1.165) is 11.6 Å². The molecule has 0 amide bonds. The molecule has 0 bridgehead atoms. The molecule has 1 heterocycles. The van der Waals surface area contributed by atoms with Crippen LogP contribution in [-0.2, 0) is 0 Å². The molecule has 0 fully saturated rings. The topological polar surface area (TPSA) is 38.7 Å². The first-order valence-corrected chi connectivity index (χ1v) is 15.3. The van der Waals surface area contributed by atoms with Gasteiger partial charge in [-0.15, -0.1) is 0 Å². The molecule has 0 N–H and O–H groups in total. The van der Waals surface area contributed by atoms with Gasteiger partial charge in [0.2, 0.25) is 0 Å². The summed E-state index contributed by atoms with van der Waals surface area (Å²) in [4.78, 5) is 14.6. The Morgan fingerprint density at radius 3 is 0.889 bits per heavy atom. The molecule has 0 aliphatic heterocycles. The third-order valence-electron chi connectivity index (χ3n) is 3.43. The fourth-order valence-electron chi connectivity index (χ4n) is 2.24. The van der Waals surface area contributed by atoms with Crippen molar-refractivity contribution < 1.29 is 0 Å². The first-order chi connectivity index (χ1) is 13.3. The van der Waals surface area contributed by atoms with Crippen molar-refractivity contribution in [2.75, 3.05) is 0 Å². The van der Waals surface area contributed by atoms with Crippen LogP contribution in [0.2, 0.25) is 0 Å². The van der Waals surface area contributed by atoms with Crippen LogP contribution in [0, 0.1) is 0 Å². The predicted octanol–water partition coefficient (Wildman–Crippen LogP) is -1.16. The Balaban J connectivity index is 1.64. The standard InChI is InChI=1S/C21H15N3Te3/c1-4-10-16(11-5-1)25-19-22-20(26-17-12-6-2-7-13-17)24-21(23-19)27-18-14-8-3-9-15-18/h1-15H. The van der Waals surface area contributed by atoms with Gasteiger partial charge in [-0.25, -0.2) is 0 Å². The molecule has 0 aliphatic carbocycles. The predicted molar refractivity (Wildman–Crippen MR) is 114 cm³/mol. The molecule has 0 unspecified atom stereocenters. The number of rotatable bonds is 6. The van der Waals surface area contributed by atoms with Crippen LogP contribution in [0.1, 0.15) is 0 Å². The van der Waals surface area contributed by atoms with Gasteiger partial charge in [0.05, 0.1) is 0 Å². The van der Waals surface area contributed by atoms with E-state index < -0.39 is 62.8 Å². The third kappa shape index (κ3) is 6.01. The second-order valence-corrected chi connectivity index (χ2v) is 14.3. The van der Waals surface area contributed by atoms with Crippen molar-refractivity contribution in [1.82, 2.24) is 15.0 Å². The summed E-state index contributed by atoms with van der Waals surface area (Å²) >= 11 is -1.75. The van der Waals surface area contributed by atoms with Gasteiger partial charge in [-0.2, -0.15) is 0 Å². The van der Waals surface area contributed by atoms with Crippen LogP contribution < -0.4 is 22.5 Å².